The number of fused-ring (bicyclic) bond motifs is 1. The van der Waals surface area contributed by atoms with Crippen molar-refractivity contribution in [3.63, 3.8) is 0 Å². The number of aromatic nitrogens is 1. The third kappa shape index (κ3) is 6.44. The number of nitrogens with zero attached hydrogens (tertiary/aromatic N) is 1. The minimum absolute atomic E-state index is 0.343. The summed E-state index contributed by atoms with van der Waals surface area (Å²) in [6, 6.07) is 19.0. The summed E-state index contributed by atoms with van der Waals surface area (Å²) in [5.41, 5.74) is 2.23. The molecule has 0 aliphatic rings. The molecule has 190 valence electrons. The summed E-state index contributed by atoms with van der Waals surface area (Å²) in [7, 11) is 0. The lowest BCUT2D eigenvalue weighted by Gasteiger charge is -2.17. The highest BCUT2D eigenvalue weighted by atomic mass is 19.4. The first-order valence-corrected chi connectivity index (χ1v) is 10.7. The maximum Gasteiger partial charge on any atom is 0.573 e. The van der Waals surface area contributed by atoms with Gasteiger partial charge in [-0.3, -0.25) is 0 Å². The van der Waals surface area contributed by atoms with Crippen molar-refractivity contribution in [2.75, 3.05) is 0 Å². The van der Waals surface area contributed by atoms with Crippen LogP contribution in [-0.4, -0.2) is 23.9 Å². The van der Waals surface area contributed by atoms with E-state index >= 15 is 0 Å². The van der Waals surface area contributed by atoms with Crippen LogP contribution < -0.4 is 9.47 Å². The number of hydrogen-bond donors (Lipinski definition) is 0. The van der Waals surface area contributed by atoms with Crippen molar-refractivity contribution in [1.82, 2.24) is 4.98 Å². The van der Waals surface area contributed by atoms with Gasteiger partial charge < -0.3 is 9.47 Å². The molecule has 1 heterocycles. The Morgan fingerprint density at radius 1 is 0.694 bits per heavy atom. The predicted molar refractivity (Wildman–Crippen MR) is 122 cm³/mol. The second kappa shape index (κ2) is 10.8. The van der Waals surface area contributed by atoms with Gasteiger partial charge in [-0.1, -0.05) is 56.3 Å². The van der Waals surface area contributed by atoms with Crippen molar-refractivity contribution in [2.45, 2.75) is 32.7 Å². The molecule has 0 aliphatic heterocycles. The molecule has 0 fully saturated rings. The van der Waals surface area contributed by atoms with Crippen molar-refractivity contribution >= 4 is 10.9 Å². The quantitative estimate of drug-likeness (QED) is 0.243. The summed E-state index contributed by atoms with van der Waals surface area (Å²) in [5.74, 6) is -0.830. The molecule has 0 N–H and O–H groups in total. The summed E-state index contributed by atoms with van der Waals surface area (Å²) in [6.07, 6.45) is -13.5. The molecule has 3 aromatic carbocycles. The van der Waals surface area contributed by atoms with E-state index in [-0.39, 0.29) is 5.75 Å². The fourth-order valence-electron chi connectivity index (χ4n) is 3.35. The molecule has 10 heteroatoms. The van der Waals surface area contributed by atoms with Gasteiger partial charge in [0.1, 0.15) is 11.5 Å². The SMILES string of the molecule is CC.FC(F)C(F)(F)Oc1cccc(-c2ccc3c(-c4cccc(OC(F)(F)F)c4)cccc3n2)c1. The Morgan fingerprint density at radius 3 is 1.92 bits per heavy atom. The van der Waals surface area contributed by atoms with Gasteiger partial charge in [-0.2, -0.15) is 17.6 Å². The molecule has 4 rings (SSSR count). The molecular weight excluding hydrogens is 491 g/mol. The first-order valence-electron chi connectivity index (χ1n) is 10.7. The van der Waals surface area contributed by atoms with Crippen LogP contribution in [0.1, 0.15) is 13.8 Å². The number of pyridine rings is 1. The lowest BCUT2D eigenvalue weighted by molar-refractivity contribution is -0.274. The minimum atomic E-state index is -4.83. The zero-order valence-corrected chi connectivity index (χ0v) is 19.0. The lowest BCUT2D eigenvalue weighted by Crippen LogP contribution is -2.33. The molecule has 1 aromatic heterocycles. The van der Waals surface area contributed by atoms with E-state index in [1.54, 1.807) is 42.5 Å². The van der Waals surface area contributed by atoms with Crippen LogP contribution in [0, 0.1) is 0 Å². The van der Waals surface area contributed by atoms with Crippen LogP contribution in [0.25, 0.3) is 33.3 Å². The van der Waals surface area contributed by atoms with Crippen LogP contribution in [0.5, 0.6) is 11.5 Å². The second-order valence-electron chi connectivity index (χ2n) is 7.14. The Kier molecular flexibility index (Phi) is 8.07. The van der Waals surface area contributed by atoms with E-state index in [9.17, 15) is 30.7 Å². The van der Waals surface area contributed by atoms with Crippen molar-refractivity contribution in [3.8, 4) is 33.9 Å². The smallest absolute Gasteiger partial charge is 0.428 e. The monoisotopic (exact) mass is 511 g/mol. The Hall–Kier alpha value is -3.82. The van der Waals surface area contributed by atoms with Crippen molar-refractivity contribution in [2.24, 2.45) is 0 Å². The first-order chi connectivity index (χ1) is 17.0. The van der Waals surface area contributed by atoms with Crippen LogP contribution in [0.15, 0.2) is 78.9 Å². The highest BCUT2D eigenvalue weighted by Crippen LogP contribution is 2.34. The molecule has 0 aliphatic carbocycles. The van der Waals surface area contributed by atoms with Crippen molar-refractivity contribution in [1.29, 1.82) is 0 Å². The lowest BCUT2D eigenvalue weighted by atomic mass is 9.99. The van der Waals surface area contributed by atoms with Crippen LogP contribution in [-0.2, 0) is 0 Å². The summed E-state index contributed by atoms with van der Waals surface area (Å²) < 4.78 is 97.2. The average Bonchev–Trinajstić information content (AvgIpc) is 2.83. The largest absolute Gasteiger partial charge is 0.573 e. The average molecular weight is 511 g/mol. The Balaban J connectivity index is 0.00000176. The highest BCUT2D eigenvalue weighted by Gasteiger charge is 2.44. The standard InChI is InChI=1S/C24H14F7NO2.C2H6/c25-22(26)23(27,28)33-16-6-2-5-15(13-16)20-11-10-19-18(8-3-9-21(19)32-20)14-4-1-7-17(12-14)34-24(29,30)31;1-2/h1-13,22H;1-2H3. The topological polar surface area (TPSA) is 31.4 Å². The van der Waals surface area contributed by atoms with Gasteiger partial charge >= 0.3 is 18.9 Å². The maximum absolute atomic E-state index is 13.2. The Labute approximate surface area is 202 Å². The summed E-state index contributed by atoms with van der Waals surface area (Å²) in [5, 5.41) is 0.618. The van der Waals surface area contributed by atoms with Gasteiger partial charge in [-0.15, -0.1) is 13.2 Å². The predicted octanol–water partition coefficient (Wildman–Crippen LogP) is 8.73. The van der Waals surface area contributed by atoms with Crippen LogP contribution in [0.2, 0.25) is 0 Å². The van der Waals surface area contributed by atoms with Gasteiger partial charge in [-0.05, 0) is 47.5 Å². The number of hydrogen-bond acceptors (Lipinski definition) is 3. The maximum atomic E-state index is 13.2. The molecule has 0 atom stereocenters. The molecule has 0 radical (unpaired) electrons. The number of alkyl halides is 7. The molecular formula is C26H20F7NO2. The Bertz CT molecular complexity index is 1320. The minimum Gasteiger partial charge on any atom is -0.428 e. The summed E-state index contributed by atoms with van der Waals surface area (Å²) >= 11 is 0. The number of ether oxygens (including phenoxy) is 2. The zero-order valence-electron chi connectivity index (χ0n) is 19.0. The van der Waals surface area contributed by atoms with Gasteiger partial charge in [0.05, 0.1) is 11.2 Å². The highest BCUT2D eigenvalue weighted by molar-refractivity contribution is 5.95. The van der Waals surface area contributed by atoms with Gasteiger partial charge in [-0.25, -0.2) is 4.98 Å². The van der Waals surface area contributed by atoms with Gasteiger partial charge in [0.2, 0.25) is 0 Å². The second-order valence-corrected chi connectivity index (χ2v) is 7.14. The number of rotatable bonds is 6. The molecule has 0 saturated heterocycles. The van der Waals surface area contributed by atoms with E-state index in [1.807, 2.05) is 13.8 Å². The summed E-state index contributed by atoms with van der Waals surface area (Å²) in [6.45, 7) is 4.00. The molecule has 4 aromatic rings. The van der Waals surface area contributed by atoms with Crippen molar-refractivity contribution < 1.29 is 40.2 Å². The molecule has 0 amide bonds. The van der Waals surface area contributed by atoms with E-state index < -0.39 is 24.6 Å². The normalized spacial score (nSPS) is 11.7. The van der Waals surface area contributed by atoms with E-state index in [0.29, 0.717) is 33.3 Å². The fourth-order valence-corrected chi connectivity index (χ4v) is 3.35. The van der Waals surface area contributed by atoms with Gasteiger partial charge in [0, 0.05) is 10.9 Å². The molecule has 0 bridgehead atoms. The van der Waals surface area contributed by atoms with Gasteiger partial charge in [0.25, 0.3) is 0 Å². The van der Waals surface area contributed by atoms with E-state index in [1.165, 1.54) is 24.3 Å². The molecule has 3 nitrogen and oxygen atoms in total. The third-order valence-electron chi connectivity index (χ3n) is 4.75. The molecule has 0 unspecified atom stereocenters. The van der Waals surface area contributed by atoms with Crippen LogP contribution in [0.4, 0.5) is 30.7 Å². The Morgan fingerprint density at radius 2 is 1.28 bits per heavy atom. The zero-order chi connectivity index (χ0) is 26.5. The van der Waals surface area contributed by atoms with Crippen molar-refractivity contribution in [3.05, 3.63) is 78.9 Å². The number of halogens is 7. The van der Waals surface area contributed by atoms with Crippen LogP contribution >= 0.6 is 0 Å². The molecule has 36 heavy (non-hydrogen) atoms. The molecule has 0 saturated carbocycles. The van der Waals surface area contributed by atoms with E-state index in [0.717, 1.165) is 12.1 Å². The fraction of sp³-hybridized carbons (Fsp3) is 0.192. The number of benzene rings is 3. The van der Waals surface area contributed by atoms with Gasteiger partial charge in [0.15, 0.2) is 0 Å². The van der Waals surface area contributed by atoms with Crippen LogP contribution in [0.3, 0.4) is 0 Å². The molecule has 0 spiro atoms. The van der Waals surface area contributed by atoms with E-state index in [2.05, 4.69) is 14.5 Å². The first kappa shape index (κ1) is 26.8. The summed E-state index contributed by atoms with van der Waals surface area (Å²) in [4.78, 5) is 4.48. The third-order valence-corrected chi connectivity index (χ3v) is 4.75. The van der Waals surface area contributed by atoms with E-state index in [4.69, 9.17) is 0 Å².